The molecule has 1 aromatic heterocycles. The van der Waals surface area contributed by atoms with E-state index in [1.807, 2.05) is 0 Å². The number of aromatic nitrogens is 1. The number of piperazine rings is 1. The van der Waals surface area contributed by atoms with Gasteiger partial charge in [-0.1, -0.05) is 18.5 Å². The predicted molar refractivity (Wildman–Crippen MR) is 72.9 cm³/mol. The van der Waals surface area contributed by atoms with Crippen LogP contribution in [-0.4, -0.2) is 42.1 Å². The summed E-state index contributed by atoms with van der Waals surface area (Å²) in [4.78, 5) is 8.95. The van der Waals surface area contributed by atoms with Crippen molar-refractivity contribution in [1.29, 1.82) is 5.26 Å². The largest absolute Gasteiger partial charge is 0.354 e. The minimum atomic E-state index is 0.384. The van der Waals surface area contributed by atoms with Crippen LogP contribution in [0.1, 0.15) is 19.4 Å². The van der Waals surface area contributed by atoms with Gasteiger partial charge in [-0.25, -0.2) is 4.98 Å². The Hall–Kier alpha value is -1.31. The molecule has 1 aromatic rings. The van der Waals surface area contributed by atoms with Crippen LogP contribution in [0.2, 0.25) is 5.15 Å². The van der Waals surface area contributed by atoms with Gasteiger partial charge in [0.1, 0.15) is 11.0 Å². The van der Waals surface area contributed by atoms with Crippen LogP contribution < -0.4 is 4.90 Å². The minimum Gasteiger partial charge on any atom is -0.354 e. The fourth-order valence-electron chi connectivity index (χ4n) is 2.38. The van der Waals surface area contributed by atoms with E-state index in [4.69, 9.17) is 16.9 Å². The van der Waals surface area contributed by atoms with Crippen molar-refractivity contribution < 1.29 is 0 Å². The van der Waals surface area contributed by atoms with Crippen LogP contribution in [0.15, 0.2) is 12.1 Å². The molecule has 0 aromatic carbocycles. The first-order valence-corrected chi connectivity index (χ1v) is 6.58. The fourth-order valence-corrected chi connectivity index (χ4v) is 2.59. The first-order valence-electron chi connectivity index (χ1n) is 6.20. The van der Waals surface area contributed by atoms with Crippen molar-refractivity contribution in [1.82, 2.24) is 9.88 Å². The highest BCUT2D eigenvalue weighted by Gasteiger charge is 2.23. The number of nitriles is 1. The van der Waals surface area contributed by atoms with Crippen LogP contribution in [0.5, 0.6) is 0 Å². The first kappa shape index (κ1) is 13.1. The second-order valence-corrected chi connectivity index (χ2v) is 4.96. The molecule has 0 radical (unpaired) electrons. The monoisotopic (exact) mass is 264 g/mol. The Kier molecular flexibility index (Phi) is 4.05. The Labute approximate surface area is 113 Å². The number of pyridine rings is 1. The van der Waals surface area contributed by atoms with Crippen molar-refractivity contribution in [2.24, 2.45) is 0 Å². The molecule has 1 fully saturated rings. The fraction of sp³-hybridized carbons (Fsp3) is 0.538. The maximum atomic E-state index is 8.95. The second-order valence-electron chi connectivity index (χ2n) is 4.57. The molecule has 0 spiro atoms. The minimum absolute atomic E-state index is 0.384. The van der Waals surface area contributed by atoms with Gasteiger partial charge in [-0.2, -0.15) is 5.26 Å². The predicted octanol–water partition coefficient (Wildman–Crippen LogP) is 2.14. The van der Waals surface area contributed by atoms with Crippen molar-refractivity contribution in [3.63, 3.8) is 0 Å². The number of hydrogen-bond donors (Lipinski definition) is 0. The molecule has 18 heavy (non-hydrogen) atoms. The van der Waals surface area contributed by atoms with E-state index in [2.05, 4.69) is 34.7 Å². The molecule has 0 N–H and O–H groups in total. The molecule has 1 aliphatic rings. The lowest BCUT2D eigenvalue weighted by Crippen LogP contribution is -2.52. The molecule has 1 atom stereocenters. The second kappa shape index (κ2) is 5.55. The third-order valence-corrected chi connectivity index (χ3v) is 3.60. The lowest BCUT2D eigenvalue weighted by Gasteiger charge is -2.39. The summed E-state index contributed by atoms with van der Waals surface area (Å²) in [5, 5.41) is 9.34. The summed E-state index contributed by atoms with van der Waals surface area (Å²) in [5.41, 5.74) is 0.565. The van der Waals surface area contributed by atoms with E-state index in [1.54, 1.807) is 12.1 Å². The Balaban J connectivity index is 2.18. The third-order valence-electron chi connectivity index (χ3n) is 3.40. The van der Waals surface area contributed by atoms with E-state index in [-0.39, 0.29) is 0 Å². The van der Waals surface area contributed by atoms with Gasteiger partial charge in [0.05, 0.1) is 11.6 Å². The van der Waals surface area contributed by atoms with E-state index in [0.717, 1.165) is 32.0 Å². The molecule has 4 nitrogen and oxygen atoms in total. The average molecular weight is 265 g/mol. The highest BCUT2D eigenvalue weighted by Crippen LogP contribution is 2.20. The maximum absolute atomic E-state index is 8.95. The van der Waals surface area contributed by atoms with Gasteiger partial charge in [0.2, 0.25) is 0 Å². The molecule has 0 saturated carbocycles. The van der Waals surface area contributed by atoms with Gasteiger partial charge >= 0.3 is 0 Å². The Bertz CT molecular complexity index is 469. The van der Waals surface area contributed by atoms with Crippen LogP contribution in [0, 0.1) is 11.3 Å². The molecule has 2 rings (SSSR count). The Morgan fingerprint density at radius 3 is 2.89 bits per heavy atom. The lowest BCUT2D eigenvalue weighted by molar-refractivity contribution is 0.199. The molecule has 0 amide bonds. The van der Waals surface area contributed by atoms with Gasteiger partial charge in [-0.15, -0.1) is 0 Å². The van der Waals surface area contributed by atoms with Crippen LogP contribution in [-0.2, 0) is 0 Å². The molecule has 0 aliphatic carbocycles. The molecular formula is C13H17ClN4. The molecule has 1 unspecified atom stereocenters. The summed E-state index contributed by atoms with van der Waals surface area (Å²) >= 11 is 5.94. The Morgan fingerprint density at radius 1 is 1.50 bits per heavy atom. The number of rotatable bonds is 2. The standard InChI is InChI=1S/C13H17ClN4/c1-3-17-4-5-18(9-10(17)2)13-7-11(8-15)6-12(14)16-13/h6-7,10H,3-5,9H2,1-2H3. The zero-order valence-electron chi connectivity index (χ0n) is 10.7. The maximum Gasteiger partial charge on any atom is 0.132 e. The molecular weight excluding hydrogens is 248 g/mol. The van der Waals surface area contributed by atoms with Crippen molar-refractivity contribution in [3.8, 4) is 6.07 Å². The summed E-state index contributed by atoms with van der Waals surface area (Å²) in [6.07, 6.45) is 0. The summed E-state index contributed by atoms with van der Waals surface area (Å²) < 4.78 is 0. The lowest BCUT2D eigenvalue weighted by atomic mass is 10.2. The summed E-state index contributed by atoms with van der Waals surface area (Å²) in [6.45, 7) is 8.33. The molecule has 2 heterocycles. The van der Waals surface area contributed by atoms with Gasteiger partial charge in [0.25, 0.3) is 0 Å². The molecule has 0 bridgehead atoms. The zero-order valence-corrected chi connectivity index (χ0v) is 11.5. The summed E-state index contributed by atoms with van der Waals surface area (Å²) in [5.74, 6) is 0.807. The normalized spacial score (nSPS) is 20.8. The highest BCUT2D eigenvalue weighted by molar-refractivity contribution is 6.29. The van der Waals surface area contributed by atoms with Crippen molar-refractivity contribution >= 4 is 17.4 Å². The molecule has 1 aliphatic heterocycles. The van der Waals surface area contributed by atoms with Crippen molar-refractivity contribution in [3.05, 3.63) is 22.8 Å². The molecule has 1 saturated heterocycles. The highest BCUT2D eigenvalue weighted by atomic mass is 35.5. The van der Waals surface area contributed by atoms with E-state index < -0.39 is 0 Å². The first-order chi connectivity index (χ1) is 8.63. The Morgan fingerprint density at radius 2 is 2.28 bits per heavy atom. The molecule has 96 valence electrons. The van der Waals surface area contributed by atoms with Gasteiger partial charge in [-0.3, -0.25) is 4.90 Å². The SMILES string of the molecule is CCN1CCN(c2cc(C#N)cc(Cl)n2)CC1C. The average Bonchev–Trinajstić information content (AvgIpc) is 2.37. The van der Waals surface area contributed by atoms with Gasteiger partial charge < -0.3 is 4.90 Å². The van der Waals surface area contributed by atoms with Gasteiger partial charge in [0, 0.05) is 25.7 Å². The third kappa shape index (κ3) is 2.74. The quantitative estimate of drug-likeness (QED) is 0.768. The molecule has 5 heteroatoms. The van der Waals surface area contributed by atoms with Crippen LogP contribution in [0.4, 0.5) is 5.82 Å². The van der Waals surface area contributed by atoms with E-state index in [1.165, 1.54) is 0 Å². The number of nitrogens with zero attached hydrogens (tertiary/aromatic N) is 4. The topological polar surface area (TPSA) is 43.2 Å². The van der Waals surface area contributed by atoms with Crippen LogP contribution in [0.25, 0.3) is 0 Å². The van der Waals surface area contributed by atoms with Crippen LogP contribution in [0.3, 0.4) is 0 Å². The number of likely N-dealkylation sites (N-methyl/N-ethyl adjacent to an activating group) is 1. The van der Waals surface area contributed by atoms with Gasteiger partial charge in [-0.05, 0) is 25.6 Å². The number of anilines is 1. The van der Waals surface area contributed by atoms with E-state index >= 15 is 0 Å². The summed E-state index contributed by atoms with van der Waals surface area (Å²) in [7, 11) is 0. The van der Waals surface area contributed by atoms with E-state index in [0.29, 0.717) is 16.8 Å². The smallest absolute Gasteiger partial charge is 0.132 e. The zero-order chi connectivity index (χ0) is 13.1. The van der Waals surface area contributed by atoms with Crippen molar-refractivity contribution in [2.75, 3.05) is 31.1 Å². The summed E-state index contributed by atoms with van der Waals surface area (Å²) in [6, 6.07) is 6.01. The van der Waals surface area contributed by atoms with Gasteiger partial charge in [0.15, 0.2) is 0 Å². The van der Waals surface area contributed by atoms with E-state index in [9.17, 15) is 0 Å². The number of halogens is 1. The van der Waals surface area contributed by atoms with Crippen molar-refractivity contribution in [2.45, 2.75) is 19.9 Å². The number of hydrogen-bond acceptors (Lipinski definition) is 4. The van der Waals surface area contributed by atoms with Crippen LogP contribution >= 0.6 is 11.6 Å².